The first-order chi connectivity index (χ1) is 8.65. The Morgan fingerprint density at radius 3 is 1.50 bits per heavy atom. The quantitative estimate of drug-likeness (QED) is 0.831. The van der Waals surface area contributed by atoms with Crippen LogP contribution < -0.4 is 10.6 Å². The Morgan fingerprint density at radius 2 is 1.22 bits per heavy atom. The van der Waals surface area contributed by atoms with Crippen molar-refractivity contribution in [3.8, 4) is 12.1 Å². The van der Waals surface area contributed by atoms with Gasteiger partial charge in [-0.05, 0) is 24.3 Å². The average Bonchev–Trinajstić information content (AvgIpc) is 2.32. The molecule has 0 fully saturated rings. The lowest BCUT2D eigenvalue weighted by atomic mass is 10.2. The monoisotopic (exact) mass is 242 g/mol. The molecule has 6 nitrogen and oxygen atoms in total. The summed E-state index contributed by atoms with van der Waals surface area (Å²) in [6, 6.07) is 9.86. The third kappa shape index (κ3) is 4.33. The topological polar surface area (TPSA) is 106 Å². The third-order valence-electron chi connectivity index (χ3n) is 1.93. The van der Waals surface area contributed by atoms with Gasteiger partial charge in [-0.3, -0.25) is 9.59 Å². The van der Waals surface area contributed by atoms with Crippen molar-refractivity contribution in [3.05, 3.63) is 24.3 Å². The number of rotatable bonds is 4. The minimum atomic E-state index is -0.390. The molecule has 6 heteroatoms. The second-order valence-corrected chi connectivity index (χ2v) is 3.34. The molecule has 2 N–H and O–H groups in total. The first-order valence-corrected chi connectivity index (χ1v) is 5.09. The van der Waals surface area contributed by atoms with Gasteiger partial charge in [-0.15, -0.1) is 0 Å². The van der Waals surface area contributed by atoms with Gasteiger partial charge in [-0.2, -0.15) is 10.5 Å². The van der Waals surface area contributed by atoms with Crippen molar-refractivity contribution in [1.29, 1.82) is 10.5 Å². The van der Waals surface area contributed by atoms with E-state index in [2.05, 4.69) is 10.6 Å². The molecule has 1 aromatic carbocycles. The molecule has 1 rings (SSSR count). The van der Waals surface area contributed by atoms with Gasteiger partial charge in [0.1, 0.15) is 12.8 Å². The summed E-state index contributed by atoms with van der Waals surface area (Å²) in [5, 5.41) is 21.7. The molecule has 1 aromatic rings. The SMILES string of the molecule is N#CCC(=O)Nc1ccc(NC(=O)CC#N)cc1. The number of nitriles is 2. The van der Waals surface area contributed by atoms with E-state index >= 15 is 0 Å². The molecule has 0 radical (unpaired) electrons. The Kier molecular flexibility index (Phi) is 4.89. The predicted molar refractivity (Wildman–Crippen MR) is 64.2 cm³/mol. The van der Waals surface area contributed by atoms with E-state index in [-0.39, 0.29) is 12.8 Å². The van der Waals surface area contributed by atoms with Crippen LogP contribution in [0.15, 0.2) is 24.3 Å². The third-order valence-corrected chi connectivity index (χ3v) is 1.93. The second-order valence-electron chi connectivity index (χ2n) is 3.34. The number of nitrogens with one attached hydrogen (secondary N) is 2. The lowest BCUT2D eigenvalue weighted by molar-refractivity contribution is -0.116. The van der Waals surface area contributed by atoms with Crippen LogP contribution in [-0.2, 0) is 9.59 Å². The number of hydrogen-bond donors (Lipinski definition) is 2. The van der Waals surface area contributed by atoms with Crippen LogP contribution in [-0.4, -0.2) is 11.8 Å². The Balaban J connectivity index is 2.58. The maximum Gasteiger partial charge on any atom is 0.238 e. The van der Waals surface area contributed by atoms with Crippen LogP contribution in [0.2, 0.25) is 0 Å². The number of amides is 2. The minimum Gasteiger partial charge on any atom is -0.325 e. The van der Waals surface area contributed by atoms with E-state index in [1.807, 2.05) is 0 Å². The molecule has 0 aliphatic heterocycles. The van der Waals surface area contributed by atoms with E-state index in [9.17, 15) is 9.59 Å². The van der Waals surface area contributed by atoms with E-state index in [0.29, 0.717) is 11.4 Å². The highest BCUT2D eigenvalue weighted by Crippen LogP contribution is 2.13. The highest BCUT2D eigenvalue weighted by Gasteiger charge is 2.03. The normalized spacial score (nSPS) is 8.78. The predicted octanol–water partition coefficient (Wildman–Crippen LogP) is 1.39. The standard InChI is InChI=1S/C12H10N4O2/c13-7-5-11(17)15-9-1-2-10(4-3-9)16-12(18)6-8-14/h1-4H,5-6H2,(H,15,17)(H,16,18). The fourth-order valence-corrected chi connectivity index (χ4v) is 1.19. The number of carbonyl (C=O) groups is 2. The summed E-state index contributed by atoms with van der Waals surface area (Å²) in [6.45, 7) is 0. The molecule has 0 saturated heterocycles. The van der Waals surface area contributed by atoms with Crippen molar-refractivity contribution in [2.24, 2.45) is 0 Å². The maximum atomic E-state index is 11.1. The molecule has 0 bridgehead atoms. The number of carbonyl (C=O) groups excluding carboxylic acids is 2. The van der Waals surface area contributed by atoms with Gasteiger partial charge >= 0.3 is 0 Å². The summed E-state index contributed by atoms with van der Waals surface area (Å²) in [7, 11) is 0. The number of nitrogens with zero attached hydrogens (tertiary/aromatic N) is 2. The highest BCUT2D eigenvalue weighted by molar-refractivity contribution is 5.94. The molecule has 18 heavy (non-hydrogen) atoms. The van der Waals surface area contributed by atoms with E-state index in [1.54, 1.807) is 36.4 Å². The van der Waals surface area contributed by atoms with Crippen molar-refractivity contribution >= 4 is 23.2 Å². The van der Waals surface area contributed by atoms with Gasteiger partial charge in [-0.25, -0.2) is 0 Å². The number of hydrogen-bond acceptors (Lipinski definition) is 4. The Morgan fingerprint density at radius 1 is 0.889 bits per heavy atom. The van der Waals surface area contributed by atoms with Crippen molar-refractivity contribution in [3.63, 3.8) is 0 Å². The summed E-state index contributed by atoms with van der Waals surface area (Å²) in [5.41, 5.74) is 1.07. The van der Waals surface area contributed by atoms with Crippen molar-refractivity contribution < 1.29 is 9.59 Å². The Bertz CT molecular complexity index is 473. The van der Waals surface area contributed by atoms with Gasteiger partial charge in [0.15, 0.2) is 0 Å². The van der Waals surface area contributed by atoms with Crippen molar-refractivity contribution in [2.45, 2.75) is 12.8 Å². The number of benzene rings is 1. The van der Waals surface area contributed by atoms with Crippen LogP contribution in [0.1, 0.15) is 12.8 Å². The molecule has 90 valence electrons. The van der Waals surface area contributed by atoms with Crippen LogP contribution in [0.25, 0.3) is 0 Å². The first kappa shape index (κ1) is 13.2. The summed E-state index contributed by atoms with van der Waals surface area (Å²) in [4.78, 5) is 22.2. The van der Waals surface area contributed by atoms with Crippen molar-refractivity contribution in [2.75, 3.05) is 10.6 Å². The molecule has 0 aliphatic rings. The van der Waals surface area contributed by atoms with Gasteiger partial charge in [0.05, 0.1) is 12.1 Å². The van der Waals surface area contributed by atoms with Crippen LogP contribution >= 0.6 is 0 Å². The minimum absolute atomic E-state index is 0.208. The highest BCUT2D eigenvalue weighted by atomic mass is 16.2. The zero-order valence-electron chi connectivity index (χ0n) is 9.43. The summed E-state index contributed by atoms with van der Waals surface area (Å²) in [5.74, 6) is -0.780. The Hall–Kier alpha value is -2.86. The van der Waals surface area contributed by atoms with E-state index in [0.717, 1.165) is 0 Å². The molecule has 2 amide bonds. The maximum absolute atomic E-state index is 11.1. The van der Waals surface area contributed by atoms with Gasteiger partial charge in [0.2, 0.25) is 11.8 Å². The second kappa shape index (κ2) is 6.66. The molecule has 0 atom stereocenters. The van der Waals surface area contributed by atoms with Crippen LogP contribution in [0.3, 0.4) is 0 Å². The molecular weight excluding hydrogens is 232 g/mol. The van der Waals surface area contributed by atoms with Crippen molar-refractivity contribution in [1.82, 2.24) is 0 Å². The van der Waals surface area contributed by atoms with Gasteiger partial charge < -0.3 is 10.6 Å². The smallest absolute Gasteiger partial charge is 0.238 e. The molecule has 0 aliphatic carbocycles. The lowest BCUT2D eigenvalue weighted by Gasteiger charge is -2.05. The van der Waals surface area contributed by atoms with Crippen LogP contribution in [0, 0.1) is 22.7 Å². The molecular formula is C12H10N4O2. The average molecular weight is 242 g/mol. The van der Waals surface area contributed by atoms with E-state index < -0.39 is 11.8 Å². The fourth-order valence-electron chi connectivity index (χ4n) is 1.19. The summed E-state index contributed by atoms with van der Waals surface area (Å²) >= 11 is 0. The van der Waals surface area contributed by atoms with Gasteiger partial charge in [0.25, 0.3) is 0 Å². The summed E-state index contributed by atoms with van der Waals surface area (Å²) in [6.07, 6.45) is -0.415. The van der Waals surface area contributed by atoms with E-state index in [1.165, 1.54) is 0 Å². The Labute approximate surface area is 104 Å². The lowest BCUT2D eigenvalue weighted by Crippen LogP contribution is -2.11. The first-order valence-electron chi connectivity index (χ1n) is 5.09. The fraction of sp³-hybridized carbons (Fsp3) is 0.167. The molecule has 0 spiro atoms. The summed E-state index contributed by atoms with van der Waals surface area (Å²) < 4.78 is 0. The van der Waals surface area contributed by atoms with Gasteiger partial charge in [0, 0.05) is 11.4 Å². The molecule has 0 aromatic heterocycles. The van der Waals surface area contributed by atoms with Gasteiger partial charge in [-0.1, -0.05) is 0 Å². The molecule has 0 saturated carbocycles. The number of anilines is 2. The molecule has 0 heterocycles. The van der Waals surface area contributed by atoms with E-state index in [4.69, 9.17) is 10.5 Å². The zero-order valence-corrected chi connectivity index (χ0v) is 9.43. The zero-order chi connectivity index (χ0) is 13.4. The van der Waals surface area contributed by atoms with Crippen LogP contribution in [0.4, 0.5) is 11.4 Å². The largest absolute Gasteiger partial charge is 0.325 e. The molecule has 0 unspecified atom stereocenters. The van der Waals surface area contributed by atoms with Crippen LogP contribution in [0.5, 0.6) is 0 Å².